The van der Waals surface area contributed by atoms with Gasteiger partial charge in [0.2, 0.25) is 5.91 Å². The third-order valence-corrected chi connectivity index (χ3v) is 11.9. The summed E-state index contributed by atoms with van der Waals surface area (Å²) < 4.78 is 5.35. The van der Waals surface area contributed by atoms with Crippen LogP contribution >= 0.6 is 0 Å². The fraction of sp³-hybridized carbons (Fsp3) is 0.710. The van der Waals surface area contributed by atoms with Crippen molar-refractivity contribution in [3.05, 3.63) is 23.3 Å². The Morgan fingerprint density at radius 1 is 1.03 bits per heavy atom. The third kappa shape index (κ3) is 3.18. The number of ketones is 2. The van der Waals surface area contributed by atoms with Crippen LogP contribution in [0.15, 0.2) is 23.3 Å². The summed E-state index contributed by atoms with van der Waals surface area (Å²) in [5.41, 5.74) is 3.34. The molecule has 3 saturated carbocycles. The first kappa shape index (κ1) is 26.8. The molecular weight excluding hydrogens is 480 g/mol. The molecule has 3 fully saturated rings. The van der Waals surface area contributed by atoms with Crippen molar-refractivity contribution in [1.82, 2.24) is 0 Å². The monoisotopic (exact) mass is 520 g/mol. The summed E-state index contributed by atoms with van der Waals surface area (Å²) in [5.74, 6) is -2.22. The highest BCUT2D eigenvalue weighted by Gasteiger charge is 2.68. The average Bonchev–Trinajstić information content (AvgIpc) is 2.86. The van der Waals surface area contributed by atoms with E-state index in [0.29, 0.717) is 19.3 Å². The Morgan fingerprint density at radius 2 is 1.71 bits per heavy atom. The lowest BCUT2D eigenvalue weighted by Crippen LogP contribution is -2.63. The second-order valence-electron chi connectivity index (χ2n) is 14.1. The van der Waals surface area contributed by atoms with Gasteiger partial charge >= 0.3 is 5.97 Å². The number of fused-ring (bicyclic) bond motifs is 7. The average molecular weight is 521 g/mol. The topological polar surface area (TPSA) is 127 Å². The normalized spacial score (nSPS) is 45.2. The SMILES string of the molecule is COC(=O)[C@@]12CCC3C(C(=O)C=C4[C@@]5(C)C=C(C#N)C(=O)[C@@](C)(C(N)=O)C5CC[C@]43C)C1CC(C)(C)CC2. The highest BCUT2D eigenvalue weighted by Crippen LogP contribution is 2.70. The molecule has 5 rings (SSSR count). The van der Waals surface area contributed by atoms with Crippen molar-refractivity contribution in [2.24, 2.45) is 56.5 Å². The van der Waals surface area contributed by atoms with Crippen molar-refractivity contribution in [2.75, 3.05) is 7.11 Å². The molecule has 4 unspecified atom stereocenters. The zero-order valence-electron chi connectivity index (χ0n) is 23.5. The molecule has 5 aliphatic carbocycles. The zero-order valence-corrected chi connectivity index (χ0v) is 23.5. The van der Waals surface area contributed by atoms with Gasteiger partial charge in [-0.15, -0.1) is 0 Å². The van der Waals surface area contributed by atoms with E-state index < -0.39 is 33.9 Å². The van der Waals surface area contributed by atoms with E-state index in [4.69, 9.17) is 10.5 Å². The summed E-state index contributed by atoms with van der Waals surface area (Å²) in [6.07, 6.45) is 8.62. The molecule has 0 saturated heterocycles. The van der Waals surface area contributed by atoms with Gasteiger partial charge in [0.15, 0.2) is 11.6 Å². The van der Waals surface area contributed by atoms with Crippen LogP contribution in [0, 0.1) is 62.1 Å². The lowest BCUT2D eigenvalue weighted by Gasteiger charge is -2.64. The Balaban J connectivity index is 1.67. The van der Waals surface area contributed by atoms with Crippen molar-refractivity contribution in [1.29, 1.82) is 5.26 Å². The van der Waals surface area contributed by atoms with Gasteiger partial charge in [0.05, 0.1) is 18.1 Å². The van der Waals surface area contributed by atoms with Crippen LogP contribution in [0.5, 0.6) is 0 Å². The number of rotatable bonds is 2. The van der Waals surface area contributed by atoms with Crippen molar-refractivity contribution < 1.29 is 23.9 Å². The van der Waals surface area contributed by atoms with Gasteiger partial charge in [0, 0.05) is 11.3 Å². The molecule has 0 aromatic carbocycles. The Labute approximate surface area is 225 Å². The summed E-state index contributed by atoms with van der Waals surface area (Å²) in [5, 5.41) is 9.84. The van der Waals surface area contributed by atoms with Gasteiger partial charge in [0.1, 0.15) is 11.5 Å². The number of amides is 1. The van der Waals surface area contributed by atoms with E-state index in [0.717, 1.165) is 31.3 Å². The quantitative estimate of drug-likeness (QED) is 0.423. The molecule has 0 aromatic heterocycles. The lowest BCUT2D eigenvalue weighted by molar-refractivity contribution is -0.178. The van der Waals surface area contributed by atoms with E-state index in [1.54, 1.807) is 19.1 Å². The van der Waals surface area contributed by atoms with Crippen LogP contribution in [0.4, 0.5) is 0 Å². The molecule has 0 heterocycles. The molecule has 2 N–H and O–H groups in total. The Bertz CT molecular complexity index is 1260. The first-order valence-electron chi connectivity index (χ1n) is 13.9. The maximum Gasteiger partial charge on any atom is 0.312 e. The van der Waals surface area contributed by atoms with Crippen molar-refractivity contribution in [3.8, 4) is 6.07 Å². The minimum atomic E-state index is -1.52. The van der Waals surface area contributed by atoms with E-state index in [9.17, 15) is 24.4 Å². The predicted octanol–water partition coefficient (Wildman–Crippen LogP) is 4.45. The minimum absolute atomic E-state index is 0.0182. The Kier molecular flexibility index (Phi) is 5.74. The van der Waals surface area contributed by atoms with Crippen molar-refractivity contribution in [3.63, 3.8) is 0 Å². The standard InChI is InChI=1S/C31H40N2O5/c1-27(2)11-12-31(26(37)38-6)10-7-18-23(19(31)15-27)20(34)13-22-28(18,3)9-8-21-29(22,4)14-17(16-32)24(35)30(21,5)25(33)36/h13-14,18-19,21,23H,7-12,15H2,1-6H3,(H2,33,36)/t18?,19?,21?,23?,28-,29-,30-,31+/m0/s1. The number of esters is 1. The van der Waals surface area contributed by atoms with Gasteiger partial charge < -0.3 is 10.5 Å². The number of hydrogen-bond acceptors (Lipinski definition) is 6. The number of hydrogen-bond donors (Lipinski definition) is 1. The fourth-order valence-electron chi connectivity index (χ4n) is 9.83. The van der Waals surface area contributed by atoms with E-state index in [2.05, 4.69) is 20.8 Å². The summed E-state index contributed by atoms with van der Waals surface area (Å²) in [4.78, 5) is 53.5. The van der Waals surface area contributed by atoms with Gasteiger partial charge in [-0.3, -0.25) is 19.2 Å². The molecule has 0 aromatic rings. The van der Waals surface area contributed by atoms with Gasteiger partial charge in [-0.05, 0) is 86.5 Å². The number of nitriles is 1. The highest BCUT2D eigenvalue weighted by molar-refractivity contribution is 6.16. The molecule has 5 aliphatic rings. The number of nitrogens with zero attached hydrogens (tertiary/aromatic N) is 1. The second-order valence-corrected chi connectivity index (χ2v) is 14.1. The molecule has 7 nitrogen and oxygen atoms in total. The summed E-state index contributed by atoms with van der Waals surface area (Å²) in [6, 6.07) is 2.01. The molecular formula is C31H40N2O5. The lowest BCUT2D eigenvalue weighted by atomic mass is 9.38. The smallest absolute Gasteiger partial charge is 0.312 e. The maximum atomic E-state index is 14.2. The number of Topliss-reactive ketones (excluding diaryl/α,β-unsaturated/α-hetero) is 1. The minimum Gasteiger partial charge on any atom is -0.469 e. The predicted molar refractivity (Wildman–Crippen MR) is 140 cm³/mol. The first-order valence-corrected chi connectivity index (χ1v) is 13.9. The molecule has 38 heavy (non-hydrogen) atoms. The van der Waals surface area contributed by atoms with Crippen LogP contribution in [-0.2, 0) is 23.9 Å². The summed E-state index contributed by atoms with van der Waals surface area (Å²) in [7, 11) is 1.45. The van der Waals surface area contributed by atoms with Crippen molar-refractivity contribution >= 4 is 23.4 Å². The second kappa shape index (κ2) is 8.13. The Morgan fingerprint density at radius 3 is 2.32 bits per heavy atom. The molecule has 8 atom stereocenters. The maximum absolute atomic E-state index is 14.2. The van der Waals surface area contributed by atoms with Crippen molar-refractivity contribution in [2.45, 2.75) is 79.6 Å². The van der Waals surface area contributed by atoms with E-state index in [-0.39, 0.29) is 45.9 Å². The van der Waals surface area contributed by atoms with Gasteiger partial charge in [-0.2, -0.15) is 5.26 Å². The summed E-state index contributed by atoms with van der Waals surface area (Å²) in [6.45, 7) is 10.2. The van der Waals surface area contributed by atoms with Gasteiger partial charge in [-0.1, -0.05) is 39.3 Å². The van der Waals surface area contributed by atoms with Gasteiger partial charge in [0.25, 0.3) is 0 Å². The van der Waals surface area contributed by atoms with E-state index in [1.165, 1.54) is 7.11 Å². The first-order chi connectivity index (χ1) is 17.6. The molecule has 7 heteroatoms. The van der Waals surface area contributed by atoms with Crippen LogP contribution < -0.4 is 5.73 Å². The van der Waals surface area contributed by atoms with Crippen LogP contribution in [0.1, 0.15) is 79.6 Å². The number of carbonyl (C=O) groups is 4. The molecule has 204 valence electrons. The van der Waals surface area contributed by atoms with E-state index in [1.807, 2.05) is 13.0 Å². The summed E-state index contributed by atoms with van der Waals surface area (Å²) >= 11 is 0. The Hall–Kier alpha value is -2.75. The highest BCUT2D eigenvalue weighted by atomic mass is 16.5. The number of carbonyl (C=O) groups excluding carboxylic acids is 4. The molecule has 0 bridgehead atoms. The van der Waals surface area contributed by atoms with Gasteiger partial charge in [-0.25, -0.2) is 0 Å². The number of nitrogens with two attached hydrogens (primary N) is 1. The van der Waals surface area contributed by atoms with E-state index >= 15 is 0 Å². The zero-order chi connectivity index (χ0) is 28.1. The number of ether oxygens (including phenoxy) is 1. The number of allylic oxidation sites excluding steroid dienone is 4. The molecule has 0 aliphatic heterocycles. The molecule has 0 spiro atoms. The molecule has 0 radical (unpaired) electrons. The van der Waals surface area contributed by atoms with Crippen LogP contribution in [-0.4, -0.2) is 30.6 Å². The molecule has 1 amide bonds. The van der Waals surface area contributed by atoms with Crippen LogP contribution in [0.2, 0.25) is 0 Å². The number of methoxy groups -OCH3 is 1. The van der Waals surface area contributed by atoms with Crippen LogP contribution in [0.3, 0.4) is 0 Å². The third-order valence-electron chi connectivity index (χ3n) is 11.9. The van der Waals surface area contributed by atoms with Crippen LogP contribution in [0.25, 0.3) is 0 Å². The number of primary amides is 1. The fourth-order valence-corrected chi connectivity index (χ4v) is 9.83. The largest absolute Gasteiger partial charge is 0.469 e.